The molecule has 4 nitrogen and oxygen atoms in total. The Morgan fingerprint density at radius 2 is 2.05 bits per heavy atom. The van der Waals surface area contributed by atoms with Crippen molar-refractivity contribution in [2.45, 2.75) is 37.3 Å². The van der Waals surface area contributed by atoms with E-state index in [9.17, 15) is 4.79 Å². The molecule has 2 atom stereocenters. The molecule has 2 bridgehead atoms. The monoisotopic (exact) mass is 296 g/mol. The van der Waals surface area contributed by atoms with Crippen molar-refractivity contribution in [3.63, 3.8) is 0 Å². The van der Waals surface area contributed by atoms with Gasteiger partial charge in [-0.2, -0.15) is 0 Å². The smallest absolute Gasteiger partial charge is 0.251 e. The minimum atomic E-state index is 0.0314. The number of amides is 1. The molecule has 1 aromatic carbocycles. The van der Waals surface area contributed by atoms with E-state index in [1.165, 1.54) is 25.7 Å². The summed E-state index contributed by atoms with van der Waals surface area (Å²) in [4.78, 5) is 12.7. The lowest BCUT2D eigenvalue weighted by Crippen LogP contribution is -2.60. The normalized spacial score (nSPS) is 35.9. The van der Waals surface area contributed by atoms with E-state index in [-0.39, 0.29) is 11.4 Å². The van der Waals surface area contributed by atoms with Gasteiger partial charge in [-0.25, -0.2) is 0 Å². The van der Waals surface area contributed by atoms with Gasteiger partial charge in [0.15, 0.2) is 0 Å². The van der Waals surface area contributed by atoms with Crippen LogP contribution in [0.5, 0.6) is 0 Å². The summed E-state index contributed by atoms with van der Waals surface area (Å²) in [5, 5.41) is 7.95. The second-order valence-electron chi connectivity index (χ2n) is 7.13. The molecule has 1 saturated heterocycles. The summed E-state index contributed by atoms with van der Waals surface area (Å²) in [5.41, 5.74) is 1.67. The van der Waals surface area contributed by atoms with Crippen molar-refractivity contribution in [1.29, 1.82) is 0 Å². The lowest BCUT2D eigenvalue weighted by Gasteiger charge is -2.48. The molecule has 1 aliphatic heterocycles. The standard InChI is InChI=1S/C18H20N2O2/c21-17(13-2-1-11-7-8-22-15(11)9-13)20-16-12-3-5-14(6-4-12)18(16)10-19-18/h1-2,7-9,12,14,16,19H,3-6,10H2,(H,20,21)/t12?,14?,16?,18-/m0/s1. The third-order valence-electron chi connectivity index (χ3n) is 6.12. The topological polar surface area (TPSA) is 64.2 Å². The fourth-order valence-corrected chi connectivity index (χ4v) is 4.82. The lowest BCUT2D eigenvalue weighted by atomic mass is 9.61. The maximum absolute atomic E-state index is 12.7. The first-order chi connectivity index (χ1) is 10.8. The molecule has 4 aliphatic rings. The van der Waals surface area contributed by atoms with Gasteiger partial charge in [0.1, 0.15) is 5.58 Å². The molecule has 2 N–H and O–H groups in total. The zero-order valence-electron chi connectivity index (χ0n) is 12.5. The minimum absolute atomic E-state index is 0.0314. The molecule has 6 rings (SSSR count). The molecule has 2 aromatic rings. The summed E-state index contributed by atoms with van der Waals surface area (Å²) in [6, 6.07) is 7.89. The number of carbonyl (C=O) groups excluding carboxylic acids is 1. The van der Waals surface area contributed by atoms with E-state index >= 15 is 0 Å². The molecule has 22 heavy (non-hydrogen) atoms. The van der Waals surface area contributed by atoms with E-state index in [0.29, 0.717) is 17.5 Å². The van der Waals surface area contributed by atoms with Crippen LogP contribution in [0.15, 0.2) is 34.9 Å². The first-order valence-corrected chi connectivity index (χ1v) is 8.29. The number of benzene rings is 1. The number of hydrogen-bond acceptors (Lipinski definition) is 3. The molecule has 1 spiro atoms. The highest BCUT2D eigenvalue weighted by molar-refractivity contribution is 5.97. The Kier molecular flexibility index (Phi) is 2.51. The Morgan fingerprint density at radius 3 is 2.82 bits per heavy atom. The van der Waals surface area contributed by atoms with Crippen molar-refractivity contribution < 1.29 is 9.21 Å². The summed E-state index contributed by atoms with van der Waals surface area (Å²) < 4.78 is 5.41. The van der Waals surface area contributed by atoms with Gasteiger partial charge in [0, 0.05) is 17.5 Å². The molecule has 4 heteroatoms. The van der Waals surface area contributed by atoms with E-state index in [2.05, 4.69) is 10.6 Å². The van der Waals surface area contributed by atoms with Crippen molar-refractivity contribution >= 4 is 16.9 Å². The highest BCUT2D eigenvalue weighted by atomic mass is 16.3. The zero-order chi connectivity index (χ0) is 14.7. The van der Waals surface area contributed by atoms with Gasteiger partial charge in [-0.05, 0) is 55.7 Å². The fourth-order valence-electron chi connectivity index (χ4n) is 4.82. The molecule has 1 unspecified atom stereocenters. The van der Waals surface area contributed by atoms with Gasteiger partial charge in [0.2, 0.25) is 0 Å². The number of rotatable bonds is 2. The average Bonchev–Trinajstić information content (AvgIpc) is 3.18. The predicted molar refractivity (Wildman–Crippen MR) is 83.6 cm³/mol. The van der Waals surface area contributed by atoms with Crippen molar-refractivity contribution in [2.75, 3.05) is 6.54 Å². The largest absolute Gasteiger partial charge is 0.464 e. The molecule has 4 fully saturated rings. The molecule has 1 aromatic heterocycles. The molecule has 0 radical (unpaired) electrons. The van der Waals surface area contributed by atoms with Gasteiger partial charge in [-0.3, -0.25) is 4.79 Å². The van der Waals surface area contributed by atoms with E-state index in [1.54, 1.807) is 6.26 Å². The van der Waals surface area contributed by atoms with Crippen LogP contribution in [-0.2, 0) is 0 Å². The van der Waals surface area contributed by atoms with Crippen LogP contribution in [0.1, 0.15) is 36.0 Å². The number of hydrogen-bond donors (Lipinski definition) is 2. The Balaban J connectivity index is 1.42. The Labute approximate surface area is 129 Å². The summed E-state index contributed by atoms with van der Waals surface area (Å²) in [6.45, 7) is 1.07. The third-order valence-corrected chi connectivity index (χ3v) is 6.12. The molecule has 1 amide bonds. The Bertz CT molecular complexity index is 738. The van der Waals surface area contributed by atoms with E-state index in [4.69, 9.17) is 4.42 Å². The first-order valence-electron chi connectivity index (χ1n) is 8.29. The van der Waals surface area contributed by atoms with Crippen LogP contribution in [0.3, 0.4) is 0 Å². The summed E-state index contributed by atoms with van der Waals surface area (Å²) in [7, 11) is 0. The Hall–Kier alpha value is -1.81. The highest BCUT2D eigenvalue weighted by Crippen LogP contribution is 2.51. The first kappa shape index (κ1) is 12.7. The number of fused-ring (bicyclic) bond motifs is 3. The molecular formula is C18H20N2O2. The van der Waals surface area contributed by atoms with E-state index in [1.807, 2.05) is 24.3 Å². The van der Waals surface area contributed by atoms with Crippen molar-refractivity contribution in [2.24, 2.45) is 11.8 Å². The summed E-state index contributed by atoms with van der Waals surface area (Å²) in [6.07, 6.45) is 6.83. The molecule has 114 valence electrons. The third kappa shape index (κ3) is 1.70. The lowest BCUT2D eigenvalue weighted by molar-refractivity contribution is 0.0634. The SMILES string of the molecule is O=C(NC1C2CCC(CC2)[C@@]12CN2)c1ccc2ccoc2c1. The maximum atomic E-state index is 12.7. The van der Waals surface area contributed by atoms with Gasteiger partial charge < -0.3 is 15.1 Å². The molecular weight excluding hydrogens is 276 g/mol. The maximum Gasteiger partial charge on any atom is 0.251 e. The number of furan rings is 1. The summed E-state index contributed by atoms with van der Waals surface area (Å²) in [5.74, 6) is 1.41. The fraction of sp³-hybridized carbons (Fsp3) is 0.500. The van der Waals surface area contributed by atoms with E-state index in [0.717, 1.165) is 23.4 Å². The quantitative estimate of drug-likeness (QED) is 0.837. The van der Waals surface area contributed by atoms with Crippen molar-refractivity contribution in [3.8, 4) is 0 Å². The van der Waals surface area contributed by atoms with Crippen LogP contribution in [-0.4, -0.2) is 24.0 Å². The second-order valence-corrected chi connectivity index (χ2v) is 7.13. The second kappa shape index (κ2) is 4.35. The average molecular weight is 296 g/mol. The van der Waals surface area contributed by atoms with Crippen LogP contribution in [0.2, 0.25) is 0 Å². The number of nitrogens with one attached hydrogen (secondary N) is 2. The highest BCUT2D eigenvalue weighted by Gasteiger charge is 2.61. The minimum Gasteiger partial charge on any atom is -0.464 e. The number of carbonyl (C=O) groups is 1. The summed E-state index contributed by atoms with van der Waals surface area (Å²) >= 11 is 0. The molecule has 2 heterocycles. The van der Waals surface area contributed by atoms with Crippen LogP contribution in [0, 0.1) is 11.8 Å². The van der Waals surface area contributed by atoms with Gasteiger partial charge in [-0.15, -0.1) is 0 Å². The van der Waals surface area contributed by atoms with Crippen molar-refractivity contribution in [1.82, 2.24) is 10.6 Å². The zero-order valence-corrected chi connectivity index (χ0v) is 12.5. The van der Waals surface area contributed by atoms with Crippen LogP contribution >= 0.6 is 0 Å². The Morgan fingerprint density at radius 1 is 1.23 bits per heavy atom. The van der Waals surface area contributed by atoms with E-state index < -0.39 is 0 Å². The molecule has 3 aliphatic carbocycles. The van der Waals surface area contributed by atoms with Crippen LogP contribution in [0.4, 0.5) is 0 Å². The van der Waals surface area contributed by atoms with Gasteiger partial charge in [-0.1, -0.05) is 6.07 Å². The van der Waals surface area contributed by atoms with Crippen LogP contribution in [0.25, 0.3) is 11.0 Å². The van der Waals surface area contributed by atoms with Crippen molar-refractivity contribution in [3.05, 3.63) is 36.1 Å². The van der Waals surface area contributed by atoms with Gasteiger partial charge in [0.25, 0.3) is 5.91 Å². The van der Waals surface area contributed by atoms with Gasteiger partial charge in [0.05, 0.1) is 17.8 Å². The van der Waals surface area contributed by atoms with Gasteiger partial charge >= 0.3 is 0 Å². The predicted octanol–water partition coefficient (Wildman–Crippen LogP) is 2.69. The molecule has 3 saturated carbocycles. The van der Waals surface area contributed by atoms with Crippen LogP contribution < -0.4 is 10.6 Å².